The summed E-state index contributed by atoms with van der Waals surface area (Å²) in [7, 11) is 0. The molecular formula is C46H26N6S. The molecule has 1 aliphatic rings. The molecule has 0 saturated heterocycles. The summed E-state index contributed by atoms with van der Waals surface area (Å²) in [6.45, 7) is 0. The zero-order chi connectivity index (χ0) is 34.6. The van der Waals surface area contributed by atoms with E-state index in [0.717, 1.165) is 55.7 Å². The average Bonchev–Trinajstić information content (AvgIpc) is 3.77. The van der Waals surface area contributed by atoms with Crippen molar-refractivity contribution in [3.05, 3.63) is 158 Å². The first-order chi connectivity index (χ1) is 26.3. The predicted octanol–water partition coefficient (Wildman–Crippen LogP) is 12.2. The van der Waals surface area contributed by atoms with Gasteiger partial charge in [0, 0.05) is 72.4 Å². The molecule has 246 valence electrons. The van der Waals surface area contributed by atoms with Gasteiger partial charge in [0.15, 0.2) is 5.82 Å². The molecule has 0 aliphatic carbocycles. The molecule has 53 heavy (non-hydrogen) atoms. The van der Waals surface area contributed by atoms with Crippen LogP contribution in [0.5, 0.6) is 0 Å². The van der Waals surface area contributed by atoms with Crippen LogP contribution in [0.1, 0.15) is 0 Å². The summed E-state index contributed by atoms with van der Waals surface area (Å²) in [4.78, 5) is 21.9. The molecule has 0 amide bonds. The lowest BCUT2D eigenvalue weighted by Gasteiger charge is -2.34. The molecule has 11 aromatic rings. The zero-order valence-electron chi connectivity index (χ0n) is 28.1. The lowest BCUT2D eigenvalue weighted by molar-refractivity contribution is 1.13. The molecule has 1 aliphatic heterocycles. The standard InChI is InChI=1S/C46H26N6S/c1-4-12-36-34(11-1)40(27-21-24-47-25-22-27)50-46(49-36)28-15-17-30(18-16-28)51-38-20-19-33-32-10-3-6-14-39(32)53-45(33)43(38)52-37-13-5-2-9-31(37)35-26-29-8-7-23-48-41(29)44(51)42(35)52/h1-26H. The summed E-state index contributed by atoms with van der Waals surface area (Å²) in [5.41, 5.74) is 11.5. The first kappa shape index (κ1) is 28.7. The van der Waals surface area contributed by atoms with E-state index in [9.17, 15) is 0 Å². The van der Waals surface area contributed by atoms with E-state index in [2.05, 4.69) is 124 Å². The highest BCUT2D eigenvalue weighted by Gasteiger charge is 2.33. The van der Waals surface area contributed by atoms with Crippen molar-refractivity contribution in [2.45, 2.75) is 0 Å². The lowest BCUT2D eigenvalue weighted by atomic mass is 10.0. The molecule has 0 spiro atoms. The Hall–Kier alpha value is -6.96. The highest BCUT2D eigenvalue weighted by atomic mass is 32.1. The number of nitrogens with zero attached hydrogens (tertiary/aromatic N) is 6. The van der Waals surface area contributed by atoms with Gasteiger partial charge in [-0.3, -0.25) is 9.97 Å². The van der Waals surface area contributed by atoms with Crippen molar-refractivity contribution in [1.29, 1.82) is 0 Å². The van der Waals surface area contributed by atoms with Crippen molar-refractivity contribution in [3.8, 4) is 28.3 Å². The number of anilines is 3. The van der Waals surface area contributed by atoms with Crippen LogP contribution in [-0.4, -0.2) is 24.5 Å². The Morgan fingerprint density at radius 3 is 2.23 bits per heavy atom. The maximum atomic E-state index is 5.14. The van der Waals surface area contributed by atoms with Crippen LogP contribution in [0.3, 0.4) is 0 Å². The molecule has 0 radical (unpaired) electrons. The number of aromatic nitrogens is 5. The maximum Gasteiger partial charge on any atom is 0.160 e. The van der Waals surface area contributed by atoms with Gasteiger partial charge < -0.3 is 9.47 Å². The Morgan fingerprint density at radius 2 is 1.34 bits per heavy atom. The molecule has 0 unspecified atom stereocenters. The van der Waals surface area contributed by atoms with E-state index in [-0.39, 0.29) is 0 Å². The monoisotopic (exact) mass is 694 g/mol. The van der Waals surface area contributed by atoms with Gasteiger partial charge in [-0.2, -0.15) is 0 Å². The Kier molecular flexibility index (Phi) is 5.84. The van der Waals surface area contributed by atoms with E-state index < -0.39 is 0 Å². The third-order valence-electron chi connectivity index (χ3n) is 10.6. The Morgan fingerprint density at radius 1 is 0.547 bits per heavy atom. The van der Waals surface area contributed by atoms with Gasteiger partial charge in [-0.15, -0.1) is 11.3 Å². The first-order valence-corrected chi connectivity index (χ1v) is 18.4. The average molecular weight is 695 g/mol. The number of pyridine rings is 2. The molecule has 6 heterocycles. The van der Waals surface area contributed by atoms with Crippen LogP contribution in [0.2, 0.25) is 0 Å². The first-order valence-electron chi connectivity index (χ1n) is 17.6. The zero-order valence-corrected chi connectivity index (χ0v) is 28.9. The Bertz CT molecular complexity index is 3290. The second kappa shape index (κ2) is 10.8. The summed E-state index contributed by atoms with van der Waals surface area (Å²) in [6, 6.07) is 49.5. The normalized spacial score (nSPS) is 12.5. The number of benzene rings is 6. The molecule has 7 heteroatoms. The van der Waals surface area contributed by atoms with Crippen LogP contribution >= 0.6 is 11.3 Å². The van der Waals surface area contributed by atoms with E-state index in [1.807, 2.05) is 60.3 Å². The number of hydrogen-bond acceptors (Lipinski definition) is 6. The third kappa shape index (κ3) is 4.02. The van der Waals surface area contributed by atoms with Crippen LogP contribution < -0.4 is 4.90 Å². The SMILES string of the molecule is c1cnc2c3c4c(cc2c1)c1ccccc1n4-c1c(ccc2c1sc1ccccc12)N3c1ccc(-c2nc(-c3ccncc3)c3ccccc3n2)cc1. The lowest BCUT2D eigenvalue weighted by Crippen LogP contribution is -2.19. The molecule has 0 fully saturated rings. The van der Waals surface area contributed by atoms with Gasteiger partial charge in [0.2, 0.25) is 0 Å². The molecule has 12 rings (SSSR count). The van der Waals surface area contributed by atoms with Gasteiger partial charge in [0.1, 0.15) is 0 Å². The molecule has 0 saturated carbocycles. The van der Waals surface area contributed by atoms with E-state index in [1.54, 1.807) is 0 Å². The van der Waals surface area contributed by atoms with Crippen molar-refractivity contribution >= 4 is 92.2 Å². The predicted molar refractivity (Wildman–Crippen MR) is 219 cm³/mol. The van der Waals surface area contributed by atoms with Crippen molar-refractivity contribution < 1.29 is 0 Å². The number of thiophene rings is 1. The second-order valence-electron chi connectivity index (χ2n) is 13.5. The summed E-state index contributed by atoms with van der Waals surface area (Å²) in [6.07, 6.45) is 5.52. The molecule has 6 nitrogen and oxygen atoms in total. The van der Waals surface area contributed by atoms with Gasteiger partial charge in [0.25, 0.3) is 0 Å². The van der Waals surface area contributed by atoms with Gasteiger partial charge in [-0.25, -0.2) is 9.97 Å². The highest BCUT2D eigenvalue weighted by Crippen LogP contribution is 2.55. The van der Waals surface area contributed by atoms with Crippen LogP contribution in [0.25, 0.3) is 92.1 Å². The van der Waals surface area contributed by atoms with Gasteiger partial charge in [-0.1, -0.05) is 66.7 Å². The molecular weight excluding hydrogens is 669 g/mol. The number of rotatable bonds is 3. The van der Waals surface area contributed by atoms with E-state index in [0.29, 0.717) is 5.82 Å². The molecule has 6 aromatic carbocycles. The van der Waals surface area contributed by atoms with Crippen molar-refractivity contribution in [2.75, 3.05) is 4.90 Å². The minimum atomic E-state index is 0.683. The fraction of sp³-hybridized carbons (Fsp3) is 0. The molecule has 5 aromatic heterocycles. The second-order valence-corrected chi connectivity index (χ2v) is 14.5. The highest BCUT2D eigenvalue weighted by molar-refractivity contribution is 7.26. The minimum absolute atomic E-state index is 0.683. The van der Waals surface area contributed by atoms with Crippen molar-refractivity contribution in [3.63, 3.8) is 0 Å². The Balaban J connectivity index is 1.14. The van der Waals surface area contributed by atoms with Gasteiger partial charge in [0.05, 0.1) is 49.5 Å². The number of fused-ring (bicyclic) bond motifs is 12. The largest absolute Gasteiger partial charge is 0.304 e. The summed E-state index contributed by atoms with van der Waals surface area (Å²) in [5.74, 6) is 0.683. The molecule has 0 atom stereocenters. The maximum absolute atomic E-state index is 5.14. The molecule has 0 bridgehead atoms. The smallest absolute Gasteiger partial charge is 0.160 e. The molecule has 0 N–H and O–H groups in total. The van der Waals surface area contributed by atoms with Gasteiger partial charge >= 0.3 is 0 Å². The number of hydrogen-bond donors (Lipinski definition) is 0. The van der Waals surface area contributed by atoms with E-state index in [1.165, 1.54) is 47.7 Å². The Labute approximate surface area is 306 Å². The third-order valence-corrected chi connectivity index (χ3v) is 11.8. The van der Waals surface area contributed by atoms with Gasteiger partial charge in [-0.05, 0) is 72.8 Å². The topological polar surface area (TPSA) is 59.7 Å². The van der Waals surface area contributed by atoms with E-state index in [4.69, 9.17) is 15.0 Å². The quantitative estimate of drug-likeness (QED) is 0.184. The van der Waals surface area contributed by atoms with Crippen LogP contribution in [0.15, 0.2) is 158 Å². The van der Waals surface area contributed by atoms with Crippen molar-refractivity contribution in [1.82, 2.24) is 24.5 Å². The summed E-state index contributed by atoms with van der Waals surface area (Å²) in [5, 5.41) is 7.13. The summed E-state index contributed by atoms with van der Waals surface area (Å²) < 4.78 is 5.05. The van der Waals surface area contributed by atoms with Crippen molar-refractivity contribution in [2.24, 2.45) is 0 Å². The fourth-order valence-corrected chi connectivity index (χ4v) is 9.57. The fourth-order valence-electron chi connectivity index (χ4n) is 8.33. The summed E-state index contributed by atoms with van der Waals surface area (Å²) >= 11 is 1.86. The number of para-hydroxylation sites is 2. The van der Waals surface area contributed by atoms with Crippen LogP contribution in [0.4, 0.5) is 17.1 Å². The van der Waals surface area contributed by atoms with Crippen LogP contribution in [-0.2, 0) is 0 Å². The van der Waals surface area contributed by atoms with Crippen LogP contribution in [0, 0.1) is 0 Å². The minimum Gasteiger partial charge on any atom is -0.304 e. The van der Waals surface area contributed by atoms with E-state index >= 15 is 0 Å².